The molecule has 0 unspecified atom stereocenters. The summed E-state index contributed by atoms with van der Waals surface area (Å²) in [6.45, 7) is 0. The van der Waals surface area contributed by atoms with Crippen LogP contribution in [-0.4, -0.2) is 20.9 Å². The molecule has 3 aromatic rings. The summed E-state index contributed by atoms with van der Waals surface area (Å²) in [6, 6.07) is 7.88. The Labute approximate surface area is 134 Å². The Morgan fingerprint density at radius 2 is 2.00 bits per heavy atom. The lowest BCUT2D eigenvalue weighted by Gasteiger charge is -2.06. The van der Waals surface area contributed by atoms with Gasteiger partial charge in [-0.1, -0.05) is 0 Å². The van der Waals surface area contributed by atoms with Crippen LogP contribution in [0.5, 0.6) is 17.4 Å². The number of carbonyl (C=O) groups is 1. The van der Waals surface area contributed by atoms with Gasteiger partial charge in [0.25, 0.3) is 0 Å². The summed E-state index contributed by atoms with van der Waals surface area (Å²) in [7, 11) is 0. The number of primary amides is 1. The smallest absolute Gasteiger partial charge is 0.410 e. The van der Waals surface area contributed by atoms with E-state index >= 15 is 0 Å². The molecule has 0 spiro atoms. The van der Waals surface area contributed by atoms with Gasteiger partial charge < -0.3 is 15.2 Å². The number of rotatable bonds is 4. The molecule has 3 rings (SSSR count). The molecule has 0 atom stereocenters. The molecule has 1 amide bonds. The quantitative estimate of drug-likeness (QED) is 0.742. The minimum Gasteiger partial charge on any atom is -0.437 e. The number of halogens is 2. The number of nitrogens with zero attached hydrogens (tertiary/aromatic N) is 3. The maximum Gasteiger partial charge on any atom is 0.410 e. The van der Waals surface area contributed by atoms with Gasteiger partial charge in [0, 0.05) is 30.6 Å². The van der Waals surface area contributed by atoms with Crippen LogP contribution in [0.3, 0.4) is 0 Å². The number of aromatic nitrogens is 3. The summed E-state index contributed by atoms with van der Waals surface area (Å²) >= 11 is 0. The monoisotopic (exact) mass is 332 g/mol. The van der Waals surface area contributed by atoms with Gasteiger partial charge in [0.1, 0.15) is 5.75 Å². The first-order chi connectivity index (χ1) is 11.5. The van der Waals surface area contributed by atoms with E-state index in [9.17, 15) is 13.6 Å². The van der Waals surface area contributed by atoms with Crippen molar-refractivity contribution in [2.45, 2.75) is 0 Å². The average molecular weight is 332 g/mol. The van der Waals surface area contributed by atoms with Gasteiger partial charge in [0.2, 0.25) is 11.8 Å². The molecule has 0 saturated heterocycles. The first-order valence-corrected chi connectivity index (χ1v) is 6.63. The van der Waals surface area contributed by atoms with E-state index in [0.29, 0.717) is 5.69 Å². The van der Waals surface area contributed by atoms with Crippen LogP contribution < -0.4 is 15.2 Å². The first kappa shape index (κ1) is 15.4. The number of hydrogen-bond acceptors (Lipinski definition) is 5. The van der Waals surface area contributed by atoms with Crippen molar-refractivity contribution >= 4 is 6.09 Å². The largest absolute Gasteiger partial charge is 0.437 e. The Hall–Kier alpha value is -3.49. The first-order valence-electron chi connectivity index (χ1n) is 6.63. The van der Waals surface area contributed by atoms with Crippen molar-refractivity contribution in [2.24, 2.45) is 5.73 Å². The van der Waals surface area contributed by atoms with Gasteiger partial charge in [-0.15, -0.1) is 5.10 Å². The van der Waals surface area contributed by atoms with Crippen LogP contribution in [-0.2, 0) is 0 Å². The number of hydrogen-bond donors (Lipinski definition) is 1. The molecule has 0 saturated carbocycles. The Kier molecular flexibility index (Phi) is 4.06. The van der Waals surface area contributed by atoms with Gasteiger partial charge in [0.15, 0.2) is 11.6 Å². The highest BCUT2D eigenvalue weighted by Gasteiger charge is 2.10. The molecular weight excluding hydrogens is 322 g/mol. The lowest BCUT2D eigenvalue weighted by Crippen LogP contribution is -2.16. The fourth-order valence-corrected chi connectivity index (χ4v) is 1.90. The zero-order valence-corrected chi connectivity index (χ0v) is 12.0. The summed E-state index contributed by atoms with van der Waals surface area (Å²) in [4.78, 5) is 14.1. The summed E-state index contributed by atoms with van der Waals surface area (Å²) in [5.41, 5.74) is 5.27. The van der Waals surface area contributed by atoms with Crippen LogP contribution in [0.4, 0.5) is 13.6 Å². The summed E-state index contributed by atoms with van der Waals surface area (Å²) in [6.07, 6.45) is 1.73. The number of amides is 1. The highest BCUT2D eigenvalue weighted by atomic mass is 19.1. The number of ether oxygens (including phenoxy) is 2. The number of benzene rings is 1. The van der Waals surface area contributed by atoms with Crippen LogP contribution in [0.1, 0.15) is 0 Å². The number of pyridine rings is 1. The third-order valence-corrected chi connectivity index (χ3v) is 2.88. The van der Waals surface area contributed by atoms with Crippen molar-refractivity contribution in [3.63, 3.8) is 0 Å². The maximum absolute atomic E-state index is 13.7. The number of carbonyl (C=O) groups excluding carboxylic acids is 1. The van der Waals surface area contributed by atoms with Crippen molar-refractivity contribution < 1.29 is 23.0 Å². The molecule has 9 heteroatoms. The predicted molar refractivity (Wildman–Crippen MR) is 78.0 cm³/mol. The summed E-state index contributed by atoms with van der Waals surface area (Å²) in [5, 5.41) is 4.09. The summed E-state index contributed by atoms with van der Waals surface area (Å²) in [5.74, 6) is -1.47. The Bertz CT molecular complexity index is 898. The van der Waals surface area contributed by atoms with E-state index in [-0.39, 0.29) is 17.4 Å². The van der Waals surface area contributed by atoms with E-state index in [0.717, 1.165) is 6.07 Å². The Morgan fingerprint density at radius 3 is 2.71 bits per heavy atom. The van der Waals surface area contributed by atoms with Gasteiger partial charge in [0.05, 0.1) is 5.69 Å². The van der Waals surface area contributed by atoms with E-state index in [4.69, 9.17) is 10.5 Å². The minimum absolute atomic E-state index is 0.135. The second-order valence-corrected chi connectivity index (χ2v) is 4.55. The molecule has 0 bridgehead atoms. The fraction of sp³-hybridized carbons (Fsp3) is 0. The van der Waals surface area contributed by atoms with Crippen LogP contribution in [0, 0.1) is 11.8 Å². The lowest BCUT2D eigenvalue weighted by atomic mass is 10.3. The van der Waals surface area contributed by atoms with Crippen LogP contribution in [0.25, 0.3) is 5.69 Å². The van der Waals surface area contributed by atoms with E-state index in [1.165, 1.54) is 35.1 Å². The van der Waals surface area contributed by atoms with Gasteiger partial charge in [-0.25, -0.2) is 18.9 Å². The molecular formula is C15H10F2N4O3. The zero-order chi connectivity index (χ0) is 17.1. The van der Waals surface area contributed by atoms with Crippen LogP contribution in [0.15, 0.2) is 48.8 Å². The summed E-state index contributed by atoms with van der Waals surface area (Å²) < 4.78 is 38.1. The van der Waals surface area contributed by atoms with Gasteiger partial charge in [-0.05, 0) is 18.2 Å². The molecule has 2 heterocycles. The van der Waals surface area contributed by atoms with E-state index in [1.807, 2.05) is 0 Å². The minimum atomic E-state index is -1.12. The van der Waals surface area contributed by atoms with Crippen molar-refractivity contribution in [1.29, 1.82) is 0 Å². The third-order valence-electron chi connectivity index (χ3n) is 2.88. The standard InChI is InChI=1S/C15H10F2N4O3/c16-11-8-10(1-2-12(11)24-15(18)22)23-14-4-6-21(20-14)9-3-5-19-13(17)7-9/h1-8H,(H2,18,22). The topological polar surface area (TPSA) is 92.3 Å². The second-order valence-electron chi connectivity index (χ2n) is 4.55. The van der Waals surface area contributed by atoms with Crippen molar-refractivity contribution in [2.75, 3.05) is 0 Å². The van der Waals surface area contributed by atoms with Gasteiger partial charge >= 0.3 is 6.09 Å². The third kappa shape index (κ3) is 3.46. The second kappa shape index (κ2) is 6.32. The Morgan fingerprint density at radius 1 is 1.17 bits per heavy atom. The van der Waals surface area contributed by atoms with E-state index in [1.54, 1.807) is 12.3 Å². The molecule has 0 fully saturated rings. The van der Waals surface area contributed by atoms with E-state index in [2.05, 4.69) is 14.8 Å². The molecule has 7 nitrogen and oxygen atoms in total. The molecule has 0 aliphatic heterocycles. The molecule has 0 aliphatic rings. The zero-order valence-electron chi connectivity index (χ0n) is 12.0. The Balaban J connectivity index is 1.77. The van der Waals surface area contributed by atoms with E-state index < -0.39 is 17.9 Å². The average Bonchev–Trinajstić information content (AvgIpc) is 2.98. The van der Waals surface area contributed by atoms with Crippen molar-refractivity contribution in [3.8, 4) is 23.1 Å². The SMILES string of the molecule is NC(=O)Oc1ccc(Oc2ccn(-c3ccnc(F)c3)n2)cc1F. The van der Waals surface area contributed by atoms with Crippen molar-refractivity contribution in [3.05, 3.63) is 60.6 Å². The molecule has 122 valence electrons. The van der Waals surface area contributed by atoms with Gasteiger partial charge in [-0.3, -0.25) is 0 Å². The molecule has 1 aromatic carbocycles. The highest BCUT2D eigenvalue weighted by molar-refractivity contribution is 5.68. The molecule has 0 radical (unpaired) electrons. The van der Waals surface area contributed by atoms with Crippen molar-refractivity contribution in [1.82, 2.24) is 14.8 Å². The van der Waals surface area contributed by atoms with Gasteiger partial charge in [-0.2, -0.15) is 4.39 Å². The van der Waals surface area contributed by atoms with Crippen LogP contribution in [0.2, 0.25) is 0 Å². The maximum atomic E-state index is 13.7. The lowest BCUT2D eigenvalue weighted by molar-refractivity contribution is 0.208. The molecule has 0 aliphatic carbocycles. The fourth-order valence-electron chi connectivity index (χ4n) is 1.90. The molecule has 2 N–H and O–H groups in total. The predicted octanol–water partition coefficient (Wildman–Crippen LogP) is 2.80. The molecule has 24 heavy (non-hydrogen) atoms. The molecule has 2 aromatic heterocycles. The highest BCUT2D eigenvalue weighted by Crippen LogP contribution is 2.26. The van der Waals surface area contributed by atoms with Crippen LogP contribution >= 0.6 is 0 Å². The normalized spacial score (nSPS) is 10.4. The number of nitrogens with two attached hydrogens (primary N) is 1.